The number of rotatable bonds is 2. The molecule has 1 aromatic rings. The first kappa shape index (κ1) is 19.6. The van der Waals surface area contributed by atoms with E-state index in [-0.39, 0.29) is 18.5 Å². The predicted octanol–water partition coefficient (Wildman–Crippen LogP) is 2.41. The second kappa shape index (κ2) is 8.69. The third-order valence-corrected chi connectivity index (χ3v) is 7.15. The van der Waals surface area contributed by atoms with Crippen LogP contribution in [0.3, 0.4) is 0 Å². The summed E-state index contributed by atoms with van der Waals surface area (Å²) in [5.41, 5.74) is 0. The minimum atomic E-state index is -0.250. The molecule has 3 aliphatic rings. The Hall–Kier alpha value is -1.15. The molecule has 2 N–H and O–H groups in total. The van der Waals surface area contributed by atoms with Gasteiger partial charge in [0.15, 0.2) is 0 Å². The van der Waals surface area contributed by atoms with Crippen LogP contribution in [0, 0.1) is 11.8 Å². The number of nitrogens with zero attached hydrogens (tertiary/aromatic N) is 2. The highest BCUT2D eigenvalue weighted by Crippen LogP contribution is 2.40. The van der Waals surface area contributed by atoms with Crippen molar-refractivity contribution in [1.82, 2.24) is 9.80 Å². The Kier molecular flexibility index (Phi) is 6.55. The number of fused-ring (bicyclic) bond motifs is 1. The molecule has 4 rings (SSSR count). The minimum absolute atomic E-state index is 0.0617. The maximum absolute atomic E-state index is 12.7. The van der Waals surface area contributed by atoms with E-state index in [1.54, 1.807) is 6.07 Å². The number of aliphatic hydroxyl groups is 1. The molecule has 4 atom stereocenters. The monoisotopic (exact) mass is 400 g/mol. The van der Waals surface area contributed by atoms with E-state index >= 15 is 0 Å². The SMILES string of the molecule is O=C(c1sccc1Cl)N1C[C@H]2C[C@@H](N3CCCC3)[C@H](O)C[C@H]2C1.O=CO. The lowest BCUT2D eigenvalue weighted by Crippen LogP contribution is -2.48. The molecular weight excluding hydrogens is 376 g/mol. The van der Waals surface area contributed by atoms with Crippen molar-refractivity contribution in [2.75, 3.05) is 26.2 Å². The van der Waals surface area contributed by atoms with E-state index in [0.29, 0.717) is 27.8 Å². The van der Waals surface area contributed by atoms with Gasteiger partial charge in [-0.3, -0.25) is 14.5 Å². The quantitative estimate of drug-likeness (QED) is 0.745. The van der Waals surface area contributed by atoms with Crippen LogP contribution in [0.4, 0.5) is 0 Å². The smallest absolute Gasteiger partial charge is 0.290 e. The summed E-state index contributed by atoms with van der Waals surface area (Å²) in [5.74, 6) is 1.02. The van der Waals surface area contributed by atoms with Crippen molar-refractivity contribution < 1.29 is 19.8 Å². The largest absolute Gasteiger partial charge is 0.483 e. The molecule has 144 valence electrons. The van der Waals surface area contributed by atoms with Gasteiger partial charge in [0.05, 0.1) is 11.1 Å². The van der Waals surface area contributed by atoms with Crippen molar-refractivity contribution in [3.8, 4) is 0 Å². The third-order valence-electron chi connectivity index (χ3n) is 5.82. The fraction of sp³-hybridized carbons (Fsp3) is 0.667. The summed E-state index contributed by atoms with van der Waals surface area (Å²) in [7, 11) is 0. The number of carbonyl (C=O) groups excluding carboxylic acids is 1. The van der Waals surface area contributed by atoms with Gasteiger partial charge in [-0.15, -0.1) is 11.3 Å². The molecule has 26 heavy (non-hydrogen) atoms. The molecule has 1 saturated carbocycles. The van der Waals surface area contributed by atoms with E-state index < -0.39 is 0 Å². The number of halogens is 1. The Morgan fingerprint density at radius 2 is 1.85 bits per heavy atom. The number of thiophene rings is 1. The average Bonchev–Trinajstić information content (AvgIpc) is 3.34. The lowest BCUT2D eigenvalue weighted by Gasteiger charge is -2.40. The molecule has 0 unspecified atom stereocenters. The first-order valence-electron chi connectivity index (χ1n) is 9.07. The highest BCUT2D eigenvalue weighted by molar-refractivity contribution is 7.12. The van der Waals surface area contributed by atoms with Crippen molar-refractivity contribution in [3.63, 3.8) is 0 Å². The third kappa shape index (κ3) is 4.06. The van der Waals surface area contributed by atoms with Gasteiger partial charge in [-0.05, 0) is 62.1 Å². The van der Waals surface area contributed by atoms with Gasteiger partial charge in [0.2, 0.25) is 0 Å². The lowest BCUT2D eigenvalue weighted by atomic mass is 9.77. The summed E-state index contributed by atoms with van der Waals surface area (Å²) in [6, 6.07) is 2.08. The number of hydrogen-bond acceptors (Lipinski definition) is 5. The Labute approximate surface area is 162 Å². The van der Waals surface area contributed by atoms with E-state index in [9.17, 15) is 9.90 Å². The zero-order valence-corrected chi connectivity index (χ0v) is 16.2. The number of carboxylic acid groups (broad SMARTS) is 1. The van der Waals surface area contributed by atoms with Gasteiger partial charge in [-0.2, -0.15) is 0 Å². The number of aliphatic hydroxyl groups excluding tert-OH is 1. The second-order valence-electron chi connectivity index (χ2n) is 7.28. The van der Waals surface area contributed by atoms with Gasteiger partial charge in [0, 0.05) is 19.1 Å². The minimum Gasteiger partial charge on any atom is -0.483 e. The molecular formula is C18H25ClN2O4S. The Morgan fingerprint density at radius 1 is 1.23 bits per heavy atom. The fourth-order valence-electron chi connectivity index (χ4n) is 4.63. The Morgan fingerprint density at radius 3 is 2.42 bits per heavy atom. The van der Waals surface area contributed by atoms with Gasteiger partial charge < -0.3 is 15.1 Å². The molecule has 0 bridgehead atoms. The van der Waals surface area contributed by atoms with E-state index in [1.165, 1.54) is 24.2 Å². The summed E-state index contributed by atoms with van der Waals surface area (Å²) in [6.07, 6.45) is 4.11. The average molecular weight is 401 g/mol. The summed E-state index contributed by atoms with van der Waals surface area (Å²) in [6.45, 7) is 3.56. The van der Waals surface area contributed by atoms with Crippen molar-refractivity contribution in [2.45, 2.75) is 37.8 Å². The molecule has 1 aliphatic carbocycles. The molecule has 8 heteroatoms. The van der Waals surface area contributed by atoms with Gasteiger partial charge in [-0.25, -0.2) is 0 Å². The fourth-order valence-corrected chi connectivity index (χ4v) is 5.73. The van der Waals surface area contributed by atoms with Crippen LogP contribution >= 0.6 is 22.9 Å². The van der Waals surface area contributed by atoms with Crippen LogP contribution in [0.25, 0.3) is 0 Å². The summed E-state index contributed by atoms with van der Waals surface area (Å²) >= 11 is 7.53. The normalized spacial score (nSPS) is 31.2. The van der Waals surface area contributed by atoms with E-state index in [0.717, 1.165) is 39.0 Å². The molecule has 2 aliphatic heterocycles. The standard InChI is InChI=1S/C17H23ClN2O2S.CH2O2/c18-13-3-6-23-16(13)17(22)20-9-11-7-14(19-4-1-2-5-19)15(21)8-12(11)10-20;2-1-3/h3,6,11-12,14-15,21H,1-2,4-5,7-10H2;1H,(H,2,3)/t11-,12+,14-,15-;/m1./s1. The molecule has 0 spiro atoms. The van der Waals surface area contributed by atoms with E-state index in [2.05, 4.69) is 4.90 Å². The van der Waals surface area contributed by atoms with Crippen molar-refractivity contribution in [1.29, 1.82) is 0 Å². The molecule has 1 aromatic heterocycles. The number of hydrogen-bond donors (Lipinski definition) is 2. The molecule has 0 aromatic carbocycles. The molecule has 3 heterocycles. The molecule has 6 nitrogen and oxygen atoms in total. The van der Waals surface area contributed by atoms with Gasteiger partial charge >= 0.3 is 0 Å². The highest BCUT2D eigenvalue weighted by atomic mass is 35.5. The maximum atomic E-state index is 12.7. The molecule has 0 radical (unpaired) electrons. The van der Waals surface area contributed by atoms with Crippen LogP contribution in [-0.4, -0.2) is 70.7 Å². The predicted molar refractivity (Wildman–Crippen MR) is 101 cm³/mol. The van der Waals surface area contributed by atoms with Crippen molar-refractivity contribution >= 4 is 35.3 Å². The highest BCUT2D eigenvalue weighted by Gasteiger charge is 2.45. The van der Waals surface area contributed by atoms with Crippen molar-refractivity contribution in [3.05, 3.63) is 21.3 Å². The van der Waals surface area contributed by atoms with Crippen LogP contribution in [0.1, 0.15) is 35.4 Å². The zero-order valence-electron chi connectivity index (χ0n) is 14.6. The van der Waals surface area contributed by atoms with Gasteiger partial charge in [0.25, 0.3) is 12.4 Å². The zero-order chi connectivity index (χ0) is 18.7. The Balaban J connectivity index is 0.000000613. The van der Waals surface area contributed by atoms with Crippen LogP contribution in [-0.2, 0) is 4.79 Å². The van der Waals surface area contributed by atoms with Gasteiger partial charge in [-0.1, -0.05) is 11.6 Å². The summed E-state index contributed by atoms with van der Waals surface area (Å²) in [4.78, 5) is 26.1. The first-order chi connectivity index (χ1) is 12.5. The van der Waals surface area contributed by atoms with Crippen LogP contribution in [0.5, 0.6) is 0 Å². The van der Waals surface area contributed by atoms with E-state index in [1.807, 2.05) is 10.3 Å². The summed E-state index contributed by atoms with van der Waals surface area (Å²) in [5, 5.41) is 19.9. The molecule has 1 amide bonds. The van der Waals surface area contributed by atoms with Crippen LogP contribution < -0.4 is 0 Å². The van der Waals surface area contributed by atoms with E-state index in [4.69, 9.17) is 21.5 Å². The topological polar surface area (TPSA) is 81.1 Å². The molecule has 3 fully saturated rings. The van der Waals surface area contributed by atoms with Gasteiger partial charge in [0.1, 0.15) is 4.88 Å². The van der Waals surface area contributed by atoms with Crippen LogP contribution in [0.2, 0.25) is 5.02 Å². The van der Waals surface area contributed by atoms with Crippen molar-refractivity contribution in [2.24, 2.45) is 11.8 Å². The van der Waals surface area contributed by atoms with Crippen LogP contribution in [0.15, 0.2) is 11.4 Å². The second-order valence-corrected chi connectivity index (χ2v) is 8.61. The number of amides is 1. The first-order valence-corrected chi connectivity index (χ1v) is 10.3. The molecule has 2 saturated heterocycles. The Bertz CT molecular complexity index is 634. The lowest BCUT2D eigenvalue weighted by molar-refractivity contribution is -0.122. The maximum Gasteiger partial charge on any atom is 0.290 e. The summed E-state index contributed by atoms with van der Waals surface area (Å²) < 4.78 is 0. The number of carbonyl (C=O) groups is 2. The number of likely N-dealkylation sites (tertiary alicyclic amines) is 2.